The van der Waals surface area contributed by atoms with Crippen molar-refractivity contribution in [1.29, 1.82) is 0 Å². The molecule has 13 heavy (non-hydrogen) atoms. The van der Waals surface area contributed by atoms with Crippen molar-refractivity contribution in [2.75, 3.05) is 18.1 Å². The van der Waals surface area contributed by atoms with Crippen LogP contribution in [-0.2, 0) is 9.84 Å². The van der Waals surface area contributed by atoms with E-state index in [-0.39, 0.29) is 17.9 Å². The van der Waals surface area contributed by atoms with Crippen LogP contribution in [-0.4, -0.2) is 43.7 Å². The Bertz CT molecular complexity index is 248. The zero-order chi connectivity index (χ0) is 9.90. The maximum absolute atomic E-state index is 11.0. The first-order valence-corrected chi connectivity index (χ1v) is 6.43. The predicted octanol–water partition coefficient (Wildman–Crippen LogP) is -0.466. The van der Waals surface area contributed by atoms with Gasteiger partial charge in [-0.25, -0.2) is 8.42 Å². The van der Waals surface area contributed by atoms with Crippen molar-refractivity contribution < 1.29 is 13.5 Å². The van der Waals surface area contributed by atoms with Gasteiger partial charge in [0.1, 0.15) is 0 Å². The van der Waals surface area contributed by atoms with Gasteiger partial charge < -0.3 is 10.4 Å². The van der Waals surface area contributed by atoms with Gasteiger partial charge in [0.15, 0.2) is 9.84 Å². The lowest BCUT2D eigenvalue weighted by Crippen LogP contribution is -2.32. The van der Waals surface area contributed by atoms with Crippen molar-refractivity contribution in [3.05, 3.63) is 0 Å². The van der Waals surface area contributed by atoms with E-state index in [0.717, 1.165) is 0 Å². The standard InChI is InChI=1S/C8H17NO3S/c1-7(10)2-4-9-8-3-5-13(11,12)6-8/h7-10H,2-6H2,1H3. The Morgan fingerprint density at radius 3 is 2.77 bits per heavy atom. The summed E-state index contributed by atoms with van der Waals surface area (Å²) in [5.74, 6) is 0.562. The summed E-state index contributed by atoms with van der Waals surface area (Å²) in [5.41, 5.74) is 0. The Kier molecular flexibility index (Phi) is 3.70. The molecule has 0 aromatic heterocycles. The number of rotatable bonds is 4. The smallest absolute Gasteiger partial charge is 0.151 e. The minimum atomic E-state index is -2.77. The molecule has 1 aliphatic rings. The molecule has 78 valence electrons. The van der Waals surface area contributed by atoms with E-state index in [1.165, 1.54) is 0 Å². The molecular formula is C8H17NO3S. The molecule has 4 nitrogen and oxygen atoms in total. The number of hydrogen-bond donors (Lipinski definition) is 2. The molecule has 5 heteroatoms. The molecule has 2 atom stereocenters. The molecular weight excluding hydrogens is 190 g/mol. The lowest BCUT2D eigenvalue weighted by atomic mass is 10.2. The van der Waals surface area contributed by atoms with E-state index in [0.29, 0.717) is 25.1 Å². The molecule has 1 rings (SSSR count). The van der Waals surface area contributed by atoms with Crippen LogP contribution in [0, 0.1) is 0 Å². The van der Waals surface area contributed by atoms with Crippen LogP contribution in [0.5, 0.6) is 0 Å². The zero-order valence-electron chi connectivity index (χ0n) is 7.86. The quantitative estimate of drug-likeness (QED) is 0.654. The summed E-state index contributed by atoms with van der Waals surface area (Å²) in [6.07, 6.45) is 1.07. The van der Waals surface area contributed by atoms with Gasteiger partial charge in [-0.15, -0.1) is 0 Å². The summed E-state index contributed by atoms with van der Waals surface area (Å²) in [6.45, 7) is 2.42. The largest absolute Gasteiger partial charge is 0.393 e. The van der Waals surface area contributed by atoms with Gasteiger partial charge in [0.05, 0.1) is 17.6 Å². The van der Waals surface area contributed by atoms with Gasteiger partial charge in [0.2, 0.25) is 0 Å². The second kappa shape index (κ2) is 4.39. The highest BCUT2D eigenvalue weighted by Crippen LogP contribution is 2.10. The Balaban J connectivity index is 2.18. The van der Waals surface area contributed by atoms with Gasteiger partial charge in [-0.05, 0) is 26.3 Å². The number of hydrogen-bond acceptors (Lipinski definition) is 4. The molecule has 1 aliphatic heterocycles. The summed E-state index contributed by atoms with van der Waals surface area (Å²) >= 11 is 0. The highest BCUT2D eigenvalue weighted by atomic mass is 32.2. The third-order valence-electron chi connectivity index (χ3n) is 2.23. The van der Waals surface area contributed by atoms with Gasteiger partial charge in [-0.1, -0.05) is 0 Å². The van der Waals surface area contributed by atoms with Crippen LogP contribution in [0.3, 0.4) is 0 Å². The van der Waals surface area contributed by atoms with Gasteiger partial charge in [-0.2, -0.15) is 0 Å². The Morgan fingerprint density at radius 1 is 1.62 bits per heavy atom. The normalized spacial score (nSPS) is 28.9. The molecule has 1 heterocycles. The van der Waals surface area contributed by atoms with Crippen LogP contribution in [0.1, 0.15) is 19.8 Å². The van der Waals surface area contributed by atoms with Gasteiger partial charge >= 0.3 is 0 Å². The Hall–Kier alpha value is -0.130. The van der Waals surface area contributed by atoms with Crippen molar-refractivity contribution in [3.63, 3.8) is 0 Å². The molecule has 0 radical (unpaired) electrons. The van der Waals surface area contributed by atoms with Gasteiger partial charge in [0, 0.05) is 6.04 Å². The van der Waals surface area contributed by atoms with E-state index < -0.39 is 9.84 Å². The van der Waals surface area contributed by atoms with Gasteiger partial charge in [0.25, 0.3) is 0 Å². The fraction of sp³-hybridized carbons (Fsp3) is 1.00. The van der Waals surface area contributed by atoms with Crippen molar-refractivity contribution in [2.24, 2.45) is 0 Å². The van der Waals surface area contributed by atoms with E-state index in [2.05, 4.69) is 5.32 Å². The summed E-state index contributed by atoms with van der Waals surface area (Å²) in [4.78, 5) is 0. The first-order chi connectivity index (χ1) is 5.99. The molecule has 0 aromatic carbocycles. The van der Waals surface area contributed by atoms with E-state index in [9.17, 15) is 8.42 Å². The summed E-state index contributed by atoms with van der Waals surface area (Å²) in [6, 6.07) is 0.101. The SMILES string of the molecule is CC(O)CCNC1CCS(=O)(=O)C1. The molecule has 0 saturated carbocycles. The van der Waals surface area contributed by atoms with Crippen LogP contribution in [0.25, 0.3) is 0 Å². The van der Waals surface area contributed by atoms with E-state index in [1.54, 1.807) is 6.92 Å². The Morgan fingerprint density at radius 2 is 2.31 bits per heavy atom. The fourth-order valence-corrected chi connectivity index (χ4v) is 3.16. The minimum absolute atomic E-state index is 0.101. The monoisotopic (exact) mass is 207 g/mol. The molecule has 0 bridgehead atoms. The molecule has 1 saturated heterocycles. The van der Waals surface area contributed by atoms with Crippen molar-refractivity contribution in [3.8, 4) is 0 Å². The van der Waals surface area contributed by atoms with Crippen molar-refractivity contribution in [1.82, 2.24) is 5.32 Å². The molecule has 0 spiro atoms. The summed E-state index contributed by atoms with van der Waals surface area (Å²) in [7, 11) is -2.77. The summed E-state index contributed by atoms with van der Waals surface area (Å²) < 4.78 is 22.1. The van der Waals surface area contributed by atoms with Crippen molar-refractivity contribution in [2.45, 2.75) is 31.9 Å². The lowest BCUT2D eigenvalue weighted by Gasteiger charge is -2.11. The molecule has 2 N–H and O–H groups in total. The van der Waals surface area contributed by atoms with Crippen LogP contribution >= 0.6 is 0 Å². The second-order valence-electron chi connectivity index (χ2n) is 3.69. The fourth-order valence-electron chi connectivity index (χ4n) is 1.45. The van der Waals surface area contributed by atoms with Crippen LogP contribution in [0.2, 0.25) is 0 Å². The average Bonchev–Trinajstić information content (AvgIpc) is 2.29. The van der Waals surface area contributed by atoms with Crippen LogP contribution in [0.15, 0.2) is 0 Å². The highest BCUT2D eigenvalue weighted by molar-refractivity contribution is 7.91. The molecule has 0 aromatic rings. The van der Waals surface area contributed by atoms with Gasteiger partial charge in [-0.3, -0.25) is 0 Å². The zero-order valence-corrected chi connectivity index (χ0v) is 8.68. The molecule has 1 fully saturated rings. The third-order valence-corrected chi connectivity index (χ3v) is 4.00. The topological polar surface area (TPSA) is 66.4 Å². The molecule has 0 aliphatic carbocycles. The van der Waals surface area contributed by atoms with E-state index in [1.807, 2.05) is 0 Å². The van der Waals surface area contributed by atoms with E-state index >= 15 is 0 Å². The lowest BCUT2D eigenvalue weighted by molar-refractivity contribution is 0.182. The molecule has 0 amide bonds. The number of sulfone groups is 1. The number of nitrogens with one attached hydrogen (secondary N) is 1. The third kappa shape index (κ3) is 4.06. The maximum Gasteiger partial charge on any atom is 0.151 e. The first-order valence-electron chi connectivity index (χ1n) is 4.61. The van der Waals surface area contributed by atoms with Crippen LogP contribution < -0.4 is 5.32 Å². The predicted molar refractivity (Wildman–Crippen MR) is 51.4 cm³/mol. The minimum Gasteiger partial charge on any atom is -0.393 e. The second-order valence-corrected chi connectivity index (χ2v) is 5.92. The van der Waals surface area contributed by atoms with E-state index in [4.69, 9.17) is 5.11 Å². The first kappa shape index (κ1) is 10.9. The average molecular weight is 207 g/mol. The number of aliphatic hydroxyl groups excluding tert-OH is 1. The summed E-state index contributed by atoms with van der Waals surface area (Å²) in [5, 5.41) is 12.1. The number of aliphatic hydroxyl groups is 1. The maximum atomic E-state index is 11.0. The van der Waals surface area contributed by atoms with Crippen LogP contribution in [0.4, 0.5) is 0 Å². The van der Waals surface area contributed by atoms with Crippen molar-refractivity contribution >= 4 is 9.84 Å². The molecule has 2 unspecified atom stereocenters. The highest BCUT2D eigenvalue weighted by Gasteiger charge is 2.26. The Labute approximate surface area is 79.3 Å².